The summed E-state index contributed by atoms with van der Waals surface area (Å²) in [5, 5.41) is 0. The molecule has 2 N–H and O–H groups in total. The molecule has 0 unspecified atom stereocenters. The van der Waals surface area contributed by atoms with Gasteiger partial charge in [0.2, 0.25) is 0 Å². The fourth-order valence-corrected chi connectivity index (χ4v) is 2.52. The maximum absolute atomic E-state index is 5.41. The van der Waals surface area contributed by atoms with Crippen LogP contribution in [0.5, 0.6) is 6.01 Å². The number of nitrogens with zero attached hydrogens (tertiary/aromatic N) is 2. The summed E-state index contributed by atoms with van der Waals surface area (Å²) in [6.45, 7) is 5.23. The molecule has 0 bridgehead atoms. The first kappa shape index (κ1) is 16.2. The smallest absolute Gasteiger partial charge is 0.316 e. The van der Waals surface area contributed by atoms with E-state index in [-0.39, 0.29) is 0 Å². The normalized spacial score (nSPS) is 12.0. The summed E-state index contributed by atoms with van der Waals surface area (Å²) in [6, 6.07) is 10.8. The van der Waals surface area contributed by atoms with Crippen LogP contribution in [0.25, 0.3) is 11.1 Å². The molecule has 0 spiro atoms. The van der Waals surface area contributed by atoms with Gasteiger partial charge in [0.05, 0.1) is 0 Å². The van der Waals surface area contributed by atoms with Crippen molar-refractivity contribution in [2.45, 2.75) is 26.7 Å². The van der Waals surface area contributed by atoms with E-state index in [1.54, 1.807) is 0 Å². The third-order valence-corrected chi connectivity index (χ3v) is 3.52. The maximum Gasteiger partial charge on any atom is 0.316 e. The van der Waals surface area contributed by atoms with Crippen LogP contribution in [0.2, 0.25) is 0 Å². The predicted octanol–water partition coefficient (Wildman–Crippen LogP) is 3.54. The Bertz CT molecular complexity index is 606. The molecule has 0 aliphatic rings. The Hall–Kier alpha value is -2.20. The Kier molecular flexibility index (Phi) is 6.10. The minimum atomic E-state index is 0.377. The van der Waals surface area contributed by atoms with E-state index in [1.807, 2.05) is 18.5 Å². The lowest BCUT2D eigenvalue weighted by atomic mass is 9.93. The molecule has 0 fully saturated rings. The van der Waals surface area contributed by atoms with Crippen LogP contribution in [0.1, 0.15) is 37.8 Å². The first-order valence-electron chi connectivity index (χ1n) is 7.72. The van der Waals surface area contributed by atoms with Crippen molar-refractivity contribution in [3.63, 3.8) is 0 Å². The second-order valence-electron chi connectivity index (χ2n) is 4.92. The van der Waals surface area contributed by atoms with Crippen LogP contribution in [-0.2, 0) is 0 Å². The van der Waals surface area contributed by atoms with Crippen LogP contribution >= 0.6 is 0 Å². The molecule has 0 aliphatic carbocycles. The molecule has 1 aromatic heterocycles. The van der Waals surface area contributed by atoms with Crippen LogP contribution in [0.4, 0.5) is 0 Å². The van der Waals surface area contributed by atoms with E-state index in [0.717, 1.165) is 18.4 Å². The summed E-state index contributed by atoms with van der Waals surface area (Å²) in [4.78, 5) is 8.54. The van der Waals surface area contributed by atoms with Gasteiger partial charge in [0.25, 0.3) is 0 Å². The van der Waals surface area contributed by atoms with Gasteiger partial charge in [0.15, 0.2) is 0 Å². The monoisotopic (exact) mass is 297 g/mol. The summed E-state index contributed by atoms with van der Waals surface area (Å²) < 4.78 is 5.33. The molecular weight excluding hydrogens is 274 g/mol. The second-order valence-corrected chi connectivity index (χ2v) is 4.92. The van der Waals surface area contributed by atoms with Gasteiger partial charge >= 0.3 is 6.01 Å². The van der Waals surface area contributed by atoms with Gasteiger partial charge in [-0.1, -0.05) is 44.2 Å². The van der Waals surface area contributed by atoms with Crippen molar-refractivity contribution in [1.82, 2.24) is 9.97 Å². The molecule has 0 aliphatic heterocycles. The molecule has 1 aromatic carbocycles. The van der Waals surface area contributed by atoms with E-state index < -0.39 is 0 Å². The quantitative estimate of drug-likeness (QED) is 0.849. The number of allylic oxidation sites excluding steroid dienone is 2. The number of hydrogen-bond acceptors (Lipinski definition) is 4. The zero-order chi connectivity index (χ0) is 15.8. The summed E-state index contributed by atoms with van der Waals surface area (Å²) in [5.74, 6) is 0. The Balaban J connectivity index is 2.35. The summed E-state index contributed by atoms with van der Waals surface area (Å²) in [6.07, 6.45) is 5.57. The highest BCUT2D eigenvalue weighted by molar-refractivity contribution is 5.90. The second kappa shape index (κ2) is 8.29. The number of hydrogen-bond donors (Lipinski definition) is 1. The standard InChI is InChI=1S/C18H23N3O/c1-3-16(14-8-6-5-7-9-14)17(4-2)15-12-20-18(21-13-15)22-11-10-19/h5-9,12-13H,3-4,10-11,19H2,1-2H3/b17-16-. The molecule has 1 heterocycles. The average Bonchev–Trinajstić information content (AvgIpc) is 2.59. The first-order chi connectivity index (χ1) is 10.8. The fraction of sp³-hybridized carbons (Fsp3) is 0.333. The van der Waals surface area contributed by atoms with Crippen LogP contribution < -0.4 is 10.5 Å². The maximum atomic E-state index is 5.41. The van der Waals surface area contributed by atoms with Crippen LogP contribution in [0, 0.1) is 0 Å². The molecule has 2 aromatic rings. The molecule has 0 saturated heterocycles. The largest absolute Gasteiger partial charge is 0.462 e. The van der Waals surface area contributed by atoms with Crippen LogP contribution in [0.15, 0.2) is 42.7 Å². The van der Waals surface area contributed by atoms with Crippen molar-refractivity contribution in [2.24, 2.45) is 5.73 Å². The van der Waals surface area contributed by atoms with Gasteiger partial charge < -0.3 is 10.5 Å². The zero-order valence-electron chi connectivity index (χ0n) is 13.2. The predicted molar refractivity (Wildman–Crippen MR) is 90.4 cm³/mol. The lowest BCUT2D eigenvalue weighted by Gasteiger charge is -2.13. The Labute approximate surface area is 132 Å². The third-order valence-electron chi connectivity index (χ3n) is 3.52. The van der Waals surface area contributed by atoms with E-state index in [4.69, 9.17) is 10.5 Å². The molecule has 116 valence electrons. The highest BCUT2D eigenvalue weighted by Gasteiger charge is 2.10. The van der Waals surface area contributed by atoms with E-state index in [2.05, 4.69) is 48.1 Å². The molecule has 0 saturated carbocycles. The minimum absolute atomic E-state index is 0.377. The van der Waals surface area contributed by atoms with Crippen molar-refractivity contribution in [1.29, 1.82) is 0 Å². The van der Waals surface area contributed by atoms with Gasteiger partial charge in [-0.05, 0) is 29.6 Å². The van der Waals surface area contributed by atoms with E-state index >= 15 is 0 Å². The van der Waals surface area contributed by atoms with Crippen molar-refractivity contribution >= 4 is 11.1 Å². The summed E-state index contributed by atoms with van der Waals surface area (Å²) >= 11 is 0. The molecule has 0 radical (unpaired) electrons. The van der Waals surface area contributed by atoms with Crippen molar-refractivity contribution in [3.8, 4) is 6.01 Å². The van der Waals surface area contributed by atoms with Crippen molar-refractivity contribution in [2.75, 3.05) is 13.2 Å². The number of rotatable bonds is 7. The fourth-order valence-electron chi connectivity index (χ4n) is 2.52. The first-order valence-corrected chi connectivity index (χ1v) is 7.72. The average molecular weight is 297 g/mol. The van der Waals surface area contributed by atoms with E-state index in [9.17, 15) is 0 Å². The zero-order valence-corrected chi connectivity index (χ0v) is 13.2. The SMILES string of the molecule is CC/C(=C(\CC)c1cnc(OCCN)nc1)c1ccccc1. The molecule has 22 heavy (non-hydrogen) atoms. The Morgan fingerprint density at radius 2 is 1.55 bits per heavy atom. The number of aromatic nitrogens is 2. The van der Waals surface area contributed by atoms with Crippen LogP contribution in [-0.4, -0.2) is 23.1 Å². The molecule has 4 heteroatoms. The Morgan fingerprint density at radius 3 is 2.09 bits per heavy atom. The van der Waals surface area contributed by atoms with Gasteiger partial charge in [0.1, 0.15) is 6.61 Å². The number of benzene rings is 1. The summed E-state index contributed by atoms with van der Waals surface area (Å²) in [5.41, 5.74) is 10.3. The lowest BCUT2D eigenvalue weighted by molar-refractivity contribution is 0.302. The number of nitrogens with two attached hydrogens (primary N) is 1. The molecule has 4 nitrogen and oxygen atoms in total. The minimum Gasteiger partial charge on any atom is -0.462 e. The topological polar surface area (TPSA) is 61.0 Å². The van der Waals surface area contributed by atoms with Gasteiger partial charge in [-0.15, -0.1) is 0 Å². The van der Waals surface area contributed by atoms with Gasteiger partial charge in [0, 0.05) is 24.5 Å². The van der Waals surface area contributed by atoms with Gasteiger partial charge in [-0.3, -0.25) is 0 Å². The molecule has 0 atom stereocenters. The Morgan fingerprint density at radius 1 is 0.955 bits per heavy atom. The highest BCUT2D eigenvalue weighted by atomic mass is 16.5. The molecule has 0 amide bonds. The highest BCUT2D eigenvalue weighted by Crippen LogP contribution is 2.30. The number of ether oxygens (including phenoxy) is 1. The molecule has 2 rings (SSSR count). The van der Waals surface area contributed by atoms with Crippen molar-refractivity contribution < 1.29 is 4.74 Å². The van der Waals surface area contributed by atoms with E-state index in [1.165, 1.54) is 16.7 Å². The van der Waals surface area contributed by atoms with Gasteiger partial charge in [-0.2, -0.15) is 0 Å². The lowest BCUT2D eigenvalue weighted by Crippen LogP contribution is -2.12. The summed E-state index contributed by atoms with van der Waals surface area (Å²) in [7, 11) is 0. The molecular formula is C18H23N3O. The van der Waals surface area contributed by atoms with Gasteiger partial charge in [-0.25, -0.2) is 9.97 Å². The van der Waals surface area contributed by atoms with Crippen LogP contribution in [0.3, 0.4) is 0 Å². The van der Waals surface area contributed by atoms with E-state index in [0.29, 0.717) is 19.2 Å². The van der Waals surface area contributed by atoms with Crippen molar-refractivity contribution in [3.05, 3.63) is 53.9 Å². The third kappa shape index (κ3) is 3.92.